The van der Waals surface area contributed by atoms with Crippen molar-refractivity contribution in [2.75, 3.05) is 0 Å². The quantitative estimate of drug-likeness (QED) is 0.767. The van der Waals surface area contributed by atoms with Crippen LogP contribution in [0.15, 0.2) is 36.4 Å². The van der Waals surface area contributed by atoms with E-state index in [9.17, 15) is 9.50 Å². The Morgan fingerprint density at radius 2 is 2.00 bits per heavy atom. The third-order valence-electron chi connectivity index (χ3n) is 3.42. The number of aryl methyl sites for hydroxylation is 2. The van der Waals surface area contributed by atoms with Crippen LogP contribution in [0.25, 0.3) is 22.4 Å². The van der Waals surface area contributed by atoms with Crippen molar-refractivity contribution in [3.63, 3.8) is 0 Å². The monoisotopic (exact) mass is 270 g/mol. The van der Waals surface area contributed by atoms with Crippen LogP contribution in [0.2, 0.25) is 0 Å². The largest absolute Gasteiger partial charge is 0.507 e. The number of aromatic hydroxyl groups is 1. The molecule has 1 heterocycles. The molecule has 1 aromatic heterocycles. The van der Waals surface area contributed by atoms with Crippen LogP contribution in [0, 0.1) is 12.7 Å². The highest BCUT2D eigenvalue weighted by Crippen LogP contribution is 2.31. The minimum absolute atomic E-state index is 0.0910. The van der Waals surface area contributed by atoms with Gasteiger partial charge in [0.15, 0.2) is 0 Å². The van der Waals surface area contributed by atoms with Crippen molar-refractivity contribution in [2.45, 2.75) is 20.4 Å². The smallest absolute Gasteiger partial charge is 0.144 e. The summed E-state index contributed by atoms with van der Waals surface area (Å²) in [7, 11) is 0. The summed E-state index contributed by atoms with van der Waals surface area (Å²) in [6.07, 6.45) is 0. The first kappa shape index (κ1) is 12.7. The lowest BCUT2D eigenvalue weighted by atomic mass is 10.2. The van der Waals surface area contributed by atoms with E-state index in [0.717, 1.165) is 29.2 Å². The normalized spacial score (nSPS) is 11.2. The van der Waals surface area contributed by atoms with E-state index in [1.165, 1.54) is 6.07 Å². The number of imidazole rings is 1. The number of rotatable bonds is 2. The van der Waals surface area contributed by atoms with Crippen molar-refractivity contribution in [1.29, 1.82) is 0 Å². The molecule has 0 saturated carbocycles. The van der Waals surface area contributed by atoms with Gasteiger partial charge in [-0.15, -0.1) is 0 Å². The van der Waals surface area contributed by atoms with Gasteiger partial charge in [0.2, 0.25) is 0 Å². The highest BCUT2D eigenvalue weighted by atomic mass is 19.1. The van der Waals surface area contributed by atoms with Crippen LogP contribution in [-0.4, -0.2) is 14.7 Å². The first-order valence-electron chi connectivity index (χ1n) is 6.56. The van der Waals surface area contributed by atoms with Gasteiger partial charge in [0.1, 0.15) is 17.4 Å². The van der Waals surface area contributed by atoms with E-state index in [0.29, 0.717) is 11.4 Å². The zero-order chi connectivity index (χ0) is 14.3. The lowest BCUT2D eigenvalue weighted by Gasteiger charge is -2.07. The molecule has 0 fully saturated rings. The summed E-state index contributed by atoms with van der Waals surface area (Å²) in [6, 6.07) is 10.1. The second-order valence-corrected chi connectivity index (χ2v) is 4.83. The van der Waals surface area contributed by atoms with E-state index in [4.69, 9.17) is 0 Å². The Morgan fingerprint density at radius 1 is 1.20 bits per heavy atom. The Balaban J connectivity index is 2.30. The second kappa shape index (κ2) is 4.63. The number of phenolic OH excluding ortho intramolecular Hbond substituents is 1. The summed E-state index contributed by atoms with van der Waals surface area (Å²) < 4.78 is 15.1. The fourth-order valence-electron chi connectivity index (χ4n) is 2.46. The molecular formula is C16H15FN2O. The number of benzene rings is 2. The average Bonchev–Trinajstić information content (AvgIpc) is 2.75. The molecule has 3 rings (SSSR count). The van der Waals surface area contributed by atoms with Crippen molar-refractivity contribution in [3.05, 3.63) is 47.8 Å². The first-order chi connectivity index (χ1) is 9.60. The van der Waals surface area contributed by atoms with Crippen LogP contribution in [-0.2, 0) is 6.54 Å². The van der Waals surface area contributed by atoms with E-state index >= 15 is 0 Å². The Hall–Kier alpha value is -2.36. The highest BCUT2D eigenvalue weighted by Gasteiger charge is 2.15. The van der Waals surface area contributed by atoms with Gasteiger partial charge >= 0.3 is 0 Å². The van der Waals surface area contributed by atoms with Crippen LogP contribution in [0.1, 0.15) is 12.5 Å². The van der Waals surface area contributed by atoms with Gasteiger partial charge in [-0.2, -0.15) is 0 Å². The molecule has 0 saturated heterocycles. The third-order valence-corrected chi connectivity index (χ3v) is 3.42. The molecular weight excluding hydrogens is 255 g/mol. The molecule has 2 aromatic carbocycles. The number of phenols is 1. The molecule has 0 amide bonds. The van der Waals surface area contributed by atoms with Crippen LogP contribution in [0.5, 0.6) is 5.75 Å². The van der Waals surface area contributed by atoms with Crippen molar-refractivity contribution in [1.82, 2.24) is 9.55 Å². The zero-order valence-electron chi connectivity index (χ0n) is 11.4. The van der Waals surface area contributed by atoms with Crippen molar-refractivity contribution in [3.8, 4) is 17.1 Å². The number of nitrogens with zero attached hydrogens (tertiary/aromatic N) is 2. The predicted molar refractivity (Wildman–Crippen MR) is 77.2 cm³/mol. The second-order valence-electron chi connectivity index (χ2n) is 4.83. The Kier molecular flexibility index (Phi) is 2.93. The number of fused-ring (bicyclic) bond motifs is 1. The van der Waals surface area contributed by atoms with E-state index in [1.807, 2.05) is 36.6 Å². The number of hydrogen-bond donors (Lipinski definition) is 1. The summed E-state index contributed by atoms with van der Waals surface area (Å²) in [4.78, 5) is 4.59. The third kappa shape index (κ3) is 1.93. The van der Waals surface area contributed by atoms with Crippen LogP contribution in [0.4, 0.5) is 4.39 Å². The van der Waals surface area contributed by atoms with Crippen molar-refractivity contribution in [2.24, 2.45) is 0 Å². The van der Waals surface area contributed by atoms with Crippen molar-refractivity contribution < 1.29 is 9.50 Å². The van der Waals surface area contributed by atoms with E-state index in [2.05, 4.69) is 4.98 Å². The molecule has 0 spiro atoms. The summed E-state index contributed by atoms with van der Waals surface area (Å²) in [6.45, 7) is 4.76. The van der Waals surface area contributed by atoms with Gasteiger partial charge in [0, 0.05) is 12.6 Å². The molecule has 1 N–H and O–H groups in total. The Labute approximate surface area is 116 Å². The maximum Gasteiger partial charge on any atom is 0.144 e. The molecule has 0 atom stereocenters. The first-order valence-corrected chi connectivity index (χ1v) is 6.56. The predicted octanol–water partition coefficient (Wildman–Crippen LogP) is 3.88. The Morgan fingerprint density at radius 3 is 2.70 bits per heavy atom. The van der Waals surface area contributed by atoms with Gasteiger partial charge in [0.25, 0.3) is 0 Å². The molecule has 0 aliphatic rings. The highest BCUT2D eigenvalue weighted by molar-refractivity contribution is 5.82. The molecule has 102 valence electrons. The van der Waals surface area contributed by atoms with Crippen molar-refractivity contribution >= 4 is 11.0 Å². The number of aromatic nitrogens is 2. The summed E-state index contributed by atoms with van der Waals surface area (Å²) >= 11 is 0. The van der Waals surface area contributed by atoms with Gasteiger partial charge in [-0.3, -0.25) is 0 Å². The lowest BCUT2D eigenvalue weighted by molar-refractivity contribution is 0.470. The molecule has 0 aliphatic heterocycles. The van der Waals surface area contributed by atoms with E-state index in [1.54, 1.807) is 6.07 Å². The number of halogens is 1. The molecule has 0 radical (unpaired) electrons. The molecule has 0 unspecified atom stereocenters. The van der Waals surface area contributed by atoms with Crippen LogP contribution < -0.4 is 0 Å². The minimum atomic E-state index is -0.457. The van der Waals surface area contributed by atoms with Gasteiger partial charge < -0.3 is 9.67 Å². The summed E-state index contributed by atoms with van der Waals surface area (Å²) in [5.74, 6) is 0.110. The maximum absolute atomic E-state index is 13.1. The zero-order valence-corrected chi connectivity index (χ0v) is 11.4. The number of hydrogen-bond acceptors (Lipinski definition) is 2. The fourth-order valence-corrected chi connectivity index (χ4v) is 2.46. The standard InChI is InChI=1S/C16H15FN2O/c1-3-19-14-7-4-10(2)8-13(14)18-16(19)12-6-5-11(17)9-15(12)20/h4-9,20H,3H2,1-2H3. The molecule has 20 heavy (non-hydrogen) atoms. The van der Waals surface area contributed by atoms with Gasteiger partial charge in [0.05, 0.1) is 16.6 Å². The minimum Gasteiger partial charge on any atom is -0.507 e. The lowest BCUT2D eigenvalue weighted by Crippen LogP contribution is -1.97. The molecule has 0 bridgehead atoms. The SMILES string of the molecule is CCn1c(-c2ccc(F)cc2O)nc2cc(C)ccc21. The van der Waals surface area contributed by atoms with Gasteiger partial charge in [-0.25, -0.2) is 9.37 Å². The topological polar surface area (TPSA) is 38.0 Å². The molecule has 4 heteroatoms. The maximum atomic E-state index is 13.1. The van der Waals surface area contributed by atoms with E-state index < -0.39 is 5.82 Å². The Bertz CT molecular complexity index is 793. The van der Waals surface area contributed by atoms with E-state index in [-0.39, 0.29) is 5.75 Å². The fraction of sp³-hybridized carbons (Fsp3) is 0.188. The molecule has 3 aromatic rings. The molecule has 0 aliphatic carbocycles. The average molecular weight is 270 g/mol. The van der Waals surface area contributed by atoms with Crippen LogP contribution >= 0.6 is 0 Å². The summed E-state index contributed by atoms with van der Waals surface area (Å²) in [5.41, 5.74) is 3.57. The molecule has 3 nitrogen and oxygen atoms in total. The van der Waals surface area contributed by atoms with Crippen LogP contribution in [0.3, 0.4) is 0 Å². The van der Waals surface area contributed by atoms with Gasteiger partial charge in [-0.1, -0.05) is 6.07 Å². The van der Waals surface area contributed by atoms with Gasteiger partial charge in [-0.05, 0) is 43.7 Å². The summed E-state index contributed by atoms with van der Waals surface area (Å²) in [5, 5.41) is 9.95.